The molecule has 2 aromatic rings. The summed E-state index contributed by atoms with van der Waals surface area (Å²) in [6, 6.07) is 10.9. The van der Waals surface area contributed by atoms with Crippen molar-refractivity contribution in [2.24, 2.45) is 5.92 Å². The van der Waals surface area contributed by atoms with Crippen LogP contribution in [-0.4, -0.2) is 39.6 Å². The highest BCUT2D eigenvalue weighted by Crippen LogP contribution is 2.20. The maximum Gasteiger partial charge on any atom is 0.326 e. The van der Waals surface area contributed by atoms with Crippen LogP contribution in [0.2, 0.25) is 0 Å². The zero-order chi connectivity index (χ0) is 18.5. The molecule has 1 fully saturated rings. The summed E-state index contributed by atoms with van der Waals surface area (Å²) in [6.45, 7) is 0.831. The smallest absolute Gasteiger partial charge is 0.326 e. The van der Waals surface area contributed by atoms with Crippen LogP contribution >= 0.6 is 0 Å². The van der Waals surface area contributed by atoms with Gasteiger partial charge in [0.05, 0.1) is 0 Å². The van der Waals surface area contributed by atoms with Gasteiger partial charge < -0.3 is 9.88 Å². The van der Waals surface area contributed by atoms with Crippen molar-refractivity contribution in [1.29, 1.82) is 0 Å². The highest BCUT2D eigenvalue weighted by molar-refractivity contribution is 5.92. The molecule has 0 saturated carbocycles. The third-order valence-electron chi connectivity index (χ3n) is 4.66. The normalized spacial score (nSPS) is 17.1. The van der Waals surface area contributed by atoms with Crippen molar-refractivity contribution in [3.05, 3.63) is 68.5 Å². The average Bonchev–Trinajstić information content (AvgIpc) is 2.65. The Bertz CT molecular complexity index is 872. The molecule has 0 unspecified atom stereocenters. The summed E-state index contributed by atoms with van der Waals surface area (Å²) in [5.74, 6) is -0.482. The molecule has 0 bridgehead atoms. The molecule has 1 aliphatic heterocycles. The first kappa shape index (κ1) is 17.8. The molecule has 1 aromatic heterocycles. The lowest BCUT2D eigenvalue weighted by Crippen LogP contribution is -2.43. The number of carbonyl (C=O) groups excluding carboxylic acids is 2. The third-order valence-corrected chi connectivity index (χ3v) is 4.66. The second kappa shape index (κ2) is 7.95. The molecule has 0 spiro atoms. The number of rotatable bonds is 5. The topological polar surface area (TPSA) is 103 Å². The van der Waals surface area contributed by atoms with E-state index in [1.807, 2.05) is 35.3 Å². The second-order valence-corrected chi connectivity index (χ2v) is 6.54. The number of hydrogen-bond acceptors (Lipinski definition) is 4. The largest absolute Gasteiger partial charge is 0.337 e. The van der Waals surface area contributed by atoms with Crippen LogP contribution in [0, 0.1) is 5.92 Å². The van der Waals surface area contributed by atoms with E-state index in [1.165, 1.54) is 0 Å². The number of nitrogens with one attached hydrogen (secondary N) is 2. The highest BCUT2D eigenvalue weighted by atomic mass is 16.2. The molecule has 1 amide bonds. The second-order valence-electron chi connectivity index (χ2n) is 6.54. The molecule has 2 heterocycles. The first-order chi connectivity index (χ1) is 12.5. The molecule has 0 radical (unpaired) electrons. The summed E-state index contributed by atoms with van der Waals surface area (Å²) in [5, 5.41) is 0. The van der Waals surface area contributed by atoms with E-state index in [0.717, 1.165) is 24.5 Å². The lowest BCUT2D eigenvalue weighted by atomic mass is 9.90. The van der Waals surface area contributed by atoms with E-state index in [9.17, 15) is 19.2 Å². The van der Waals surface area contributed by atoms with Crippen LogP contribution in [0.15, 0.2) is 46.0 Å². The molecule has 0 aliphatic carbocycles. The van der Waals surface area contributed by atoms with E-state index in [-0.39, 0.29) is 17.4 Å². The van der Waals surface area contributed by atoms with Gasteiger partial charge in [0.15, 0.2) is 0 Å². The van der Waals surface area contributed by atoms with Crippen LogP contribution < -0.4 is 11.2 Å². The quantitative estimate of drug-likeness (QED) is 0.839. The van der Waals surface area contributed by atoms with Gasteiger partial charge in [-0.25, -0.2) is 4.79 Å². The molecule has 1 aromatic carbocycles. The Kier molecular flexibility index (Phi) is 5.46. The standard InChI is InChI=1S/C19H21N3O4/c23-16(9-8-13-5-2-1-3-6-13)14-7-4-10-22(12-14)18(25)15-11-17(24)21-19(26)20-15/h1-3,5-6,11,14H,4,7-10,12H2,(H2,20,21,24,26)/t14-/m1/s1. The number of aromatic amines is 2. The summed E-state index contributed by atoms with van der Waals surface area (Å²) >= 11 is 0. The van der Waals surface area contributed by atoms with Crippen LogP contribution in [-0.2, 0) is 11.2 Å². The van der Waals surface area contributed by atoms with Gasteiger partial charge in [0.2, 0.25) is 0 Å². The molecule has 2 N–H and O–H groups in total. The number of piperidine rings is 1. The molecule has 1 atom stereocenters. The summed E-state index contributed by atoms with van der Waals surface area (Å²) in [7, 11) is 0. The van der Waals surface area contributed by atoms with E-state index in [0.29, 0.717) is 25.9 Å². The number of likely N-dealkylation sites (tertiary alicyclic amines) is 1. The van der Waals surface area contributed by atoms with Crippen molar-refractivity contribution >= 4 is 11.7 Å². The summed E-state index contributed by atoms with van der Waals surface area (Å²) in [4.78, 5) is 53.7. The molecular formula is C19H21N3O4. The van der Waals surface area contributed by atoms with Gasteiger partial charge in [-0.15, -0.1) is 0 Å². The van der Waals surface area contributed by atoms with Crippen LogP contribution in [0.5, 0.6) is 0 Å². The molecular weight excluding hydrogens is 334 g/mol. The first-order valence-electron chi connectivity index (χ1n) is 8.72. The van der Waals surface area contributed by atoms with Gasteiger partial charge in [-0.2, -0.15) is 0 Å². The fourth-order valence-electron chi connectivity index (χ4n) is 3.30. The Hall–Kier alpha value is -2.96. The number of aryl methyl sites for hydroxylation is 1. The predicted octanol–water partition coefficient (Wildman–Crippen LogP) is 1.12. The highest BCUT2D eigenvalue weighted by Gasteiger charge is 2.29. The Balaban J connectivity index is 1.63. The van der Waals surface area contributed by atoms with Crippen LogP contribution in [0.4, 0.5) is 0 Å². The van der Waals surface area contributed by atoms with Gasteiger partial charge >= 0.3 is 5.69 Å². The molecule has 1 saturated heterocycles. The fourth-order valence-corrected chi connectivity index (χ4v) is 3.30. The minimum atomic E-state index is -0.714. The van der Waals surface area contributed by atoms with Crippen molar-refractivity contribution in [2.75, 3.05) is 13.1 Å². The van der Waals surface area contributed by atoms with Gasteiger partial charge in [-0.05, 0) is 24.8 Å². The zero-order valence-electron chi connectivity index (χ0n) is 14.4. The number of Topliss-reactive ketones (excluding diaryl/α,β-unsaturated/α-hetero) is 1. The monoisotopic (exact) mass is 355 g/mol. The third kappa shape index (κ3) is 4.36. The predicted molar refractivity (Wildman–Crippen MR) is 96.1 cm³/mol. The Morgan fingerprint density at radius 3 is 2.62 bits per heavy atom. The van der Waals surface area contributed by atoms with E-state index in [2.05, 4.69) is 4.98 Å². The first-order valence-corrected chi connectivity index (χ1v) is 8.72. The van der Waals surface area contributed by atoms with Crippen molar-refractivity contribution in [3.63, 3.8) is 0 Å². The van der Waals surface area contributed by atoms with Gasteiger partial charge in [0, 0.05) is 31.5 Å². The minimum absolute atomic E-state index is 0.0452. The van der Waals surface area contributed by atoms with E-state index in [4.69, 9.17) is 0 Å². The number of H-pyrrole nitrogens is 2. The number of benzene rings is 1. The maximum absolute atomic E-state index is 12.5. The van der Waals surface area contributed by atoms with E-state index >= 15 is 0 Å². The molecule has 7 heteroatoms. The molecule has 3 rings (SSSR count). The Morgan fingerprint density at radius 1 is 1.12 bits per heavy atom. The van der Waals surface area contributed by atoms with Crippen molar-refractivity contribution in [1.82, 2.24) is 14.9 Å². The number of amides is 1. The Morgan fingerprint density at radius 2 is 1.88 bits per heavy atom. The minimum Gasteiger partial charge on any atom is -0.337 e. The molecule has 7 nitrogen and oxygen atoms in total. The van der Waals surface area contributed by atoms with Gasteiger partial charge in [0.25, 0.3) is 11.5 Å². The van der Waals surface area contributed by atoms with Crippen LogP contribution in [0.25, 0.3) is 0 Å². The van der Waals surface area contributed by atoms with Crippen LogP contribution in [0.3, 0.4) is 0 Å². The average molecular weight is 355 g/mol. The lowest BCUT2D eigenvalue weighted by molar-refractivity contribution is -0.124. The molecule has 26 heavy (non-hydrogen) atoms. The SMILES string of the molecule is O=C(CCc1ccccc1)[C@@H]1CCCN(C(=O)c2cc(=O)[nH]c(=O)[nH]2)C1. The summed E-state index contributed by atoms with van der Waals surface area (Å²) < 4.78 is 0. The van der Waals surface area contributed by atoms with E-state index < -0.39 is 17.2 Å². The van der Waals surface area contributed by atoms with Crippen LogP contribution in [0.1, 0.15) is 35.3 Å². The number of hydrogen-bond donors (Lipinski definition) is 2. The number of ketones is 1. The Labute approximate surface area is 150 Å². The van der Waals surface area contributed by atoms with E-state index in [1.54, 1.807) is 4.90 Å². The van der Waals surface area contributed by atoms with Crippen molar-refractivity contribution < 1.29 is 9.59 Å². The lowest BCUT2D eigenvalue weighted by Gasteiger charge is -2.32. The number of nitrogens with zero attached hydrogens (tertiary/aromatic N) is 1. The summed E-state index contributed by atoms with van der Waals surface area (Å²) in [5.41, 5.74) is -0.264. The van der Waals surface area contributed by atoms with Gasteiger partial charge in [0.1, 0.15) is 11.5 Å². The zero-order valence-corrected chi connectivity index (χ0v) is 14.4. The number of carbonyl (C=O) groups is 2. The maximum atomic E-state index is 12.5. The van der Waals surface area contributed by atoms with Gasteiger partial charge in [-0.3, -0.25) is 19.4 Å². The summed E-state index contributed by atoms with van der Waals surface area (Å²) in [6.07, 6.45) is 2.61. The molecule has 1 aliphatic rings. The number of aromatic nitrogens is 2. The van der Waals surface area contributed by atoms with Crippen molar-refractivity contribution in [2.45, 2.75) is 25.7 Å². The van der Waals surface area contributed by atoms with Crippen molar-refractivity contribution in [3.8, 4) is 0 Å². The van der Waals surface area contributed by atoms with Gasteiger partial charge in [-0.1, -0.05) is 30.3 Å². The fraction of sp³-hybridized carbons (Fsp3) is 0.368. The molecule has 136 valence electrons.